The van der Waals surface area contributed by atoms with E-state index in [2.05, 4.69) is 55.2 Å². The minimum absolute atomic E-state index is 0.0190. The smallest absolute Gasteiger partial charge is 0.193 e. The monoisotopic (exact) mass is 434 g/mol. The van der Waals surface area contributed by atoms with Crippen molar-refractivity contribution in [2.45, 2.75) is 44.5 Å². The van der Waals surface area contributed by atoms with E-state index in [0.29, 0.717) is 12.5 Å². The van der Waals surface area contributed by atoms with Crippen LogP contribution in [0.4, 0.5) is 0 Å². The van der Waals surface area contributed by atoms with E-state index in [4.69, 9.17) is 4.74 Å². The predicted octanol–water partition coefficient (Wildman–Crippen LogP) is 1.97. The fraction of sp³-hybridized carbons (Fsp3) is 0.700. The van der Waals surface area contributed by atoms with Crippen LogP contribution in [0.5, 0.6) is 0 Å². The Bertz CT molecular complexity index is 831. The molecule has 0 spiro atoms. The van der Waals surface area contributed by atoms with Gasteiger partial charge in [-0.2, -0.15) is 5.10 Å². The van der Waals surface area contributed by atoms with Gasteiger partial charge in [0.15, 0.2) is 11.1 Å². The van der Waals surface area contributed by atoms with Crippen LogP contribution in [-0.4, -0.2) is 74.9 Å². The summed E-state index contributed by atoms with van der Waals surface area (Å²) >= 11 is 1.65. The molecule has 2 aromatic rings. The van der Waals surface area contributed by atoms with E-state index >= 15 is 0 Å². The van der Waals surface area contributed by atoms with Gasteiger partial charge in [0.05, 0.1) is 19.3 Å². The van der Waals surface area contributed by atoms with Gasteiger partial charge in [-0.15, -0.1) is 10.2 Å². The van der Waals surface area contributed by atoms with Gasteiger partial charge in [0.25, 0.3) is 0 Å². The van der Waals surface area contributed by atoms with Gasteiger partial charge in [0, 0.05) is 51.9 Å². The third-order valence-corrected chi connectivity index (χ3v) is 5.73. The molecule has 0 radical (unpaired) electrons. The topological polar surface area (TPSA) is 85.4 Å². The minimum atomic E-state index is 0.0190. The zero-order valence-electron chi connectivity index (χ0n) is 18.7. The number of nitrogens with one attached hydrogen (secondary N) is 1. The Hall–Kier alpha value is -2.07. The minimum Gasteiger partial charge on any atom is -0.370 e. The molecule has 1 saturated heterocycles. The van der Waals surface area contributed by atoms with Gasteiger partial charge in [-0.25, -0.2) is 0 Å². The summed E-state index contributed by atoms with van der Waals surface area (Å²) in [6.45, 7) is 8.51. The second kappa shape index (κ2) is 10.8. The van der Waals surface area contributed by atoms with E-state index in [9.17, 15) is 0 Å². The molecule has 0 amide bonds. The summed E-state index contributed by atoms with van der Waals surface area (Å²) in [6, 6.07) is 0. The number of thioether (sulfide) groups is 1. The molecule has 0 aromatic carbocycles. The van der Waals surface area contributed by atoms with Crippen LogP contribution in [0.3, 0.4) is 0 Å². The van der Waals surface area contributed by atoms with Gasteiger partial charge in [-0.05, 0) is 18.6 Å². The first-order valence-corrected chi connectivity index (χ1v) is 11.8. The highest BCUT2D eigenvalue weighted by Gasteiger charge is 2.25. The van der Waals surface area contributed by atoms with E-state index in [1.807, 2.05) is 31.2 Å². The van der Waals surface area contributed by atoms with Crippen LogP contribution in [-0.2, 0) is 24.8 Å². The highest BCUT2D eigenvalue weighted by atomic mass is 32.2. The van der Waals surface area contributed by atoms with Gasteiger partial charge in [-0.1, -0.05) is 25.6 Å². The number of guanidine groups is 1. The SMILES string of the molecule is CN=C(NCCCc1nnc(SC)n1CC(C)C)N1CCOC(c2cnn(C)c2)C1. The molecule has 0 saturated carbocycles. The van der Waals surface area contributed by atoms with Crippen molar-refractivity contribution in [1.29, 1.82) is 0 Å². The number of aryl methyl sites for hydroxylation is 2. The molecule has 2 aromatic heterocycles. The van der Waals surface area contributed by atoms with Crippen LogP contribution in [0.15, 0.2) is 22.5 Å². The summed E-state index contributed by atoms with van der Waals surface area (Å²) in [4.78, 5) is 6.74. The van der Waals surface area contributed by atoms with Gasteiger partial charge in [0.2, 0.25) is 0 Å². The average molecular weight is 435 g/mol. The fourth-order valence-corrected chi connectivity index (χ4v) is 4.15. The fourth-order valence-electron chi connectivity index (χ4n) is 3.63. The van der Waals surface area contributed by atoms with Crippen molar-refractivity contribution < 1.29 is 4.74 Å². The van der Waals surface area contributed by atoms with Crippen LogP contribution >= 0.6 is 11.8 Å². The van der Waals surface area contributed by atoms with Crippen molar-refractivity contribution in [3.05, 3.63) is 23.8 Å². The molecule has 1 aliphatic rings. The Kier molecular flexibility index (Phi) is 8.15. The number of rotatable bonds is 8. The van der Waals surface area contributed by atoms with Crippen LogP contribution in [0, 0.1) is 5.92 Å². The lowest BCUT2D eigenvalue weighted by molar-refractivity contribution is -0.00801. The number of hydrogen-bond donors (Lipinski definition) is 1. The van der Waals surface area contributed by atoms with E-state index in [0.717, 1.165) is 61.5 Å². The molecule has 0 bridgehead atoms. The van der Waals surface area contributed by atoms with E-state index in [-0.39, 0.29) is 6.10 Å². The Morgan fingerprint density at radius 3 is 2.90 bits per heavy atom. The number of morpholine rings is 1. The molecule has 1 atom stereocenters. The van der Waals surface area contributed by atoms with Crippen LogP contribution in [0.1, 0.15) is 37.8 Å². The third-order valence-electron chi connectivity index (χ3n) is 5.06. The highest BCUT2D eigenvalue weighted by molar-refractivity contribution is 7.98. The van der Waals surface area contributed by atoms with Crippen molar-refractivity contribution in [3.63, 3.8) is 0 Å². The van der Waals surface area contributed by atoms with E-state index in [1.165, 1.54) is 0 Å². The number of aromatic nitrogens is 5. The largest absolute Gasteiger partial charge is 0.370 e. The number of nitrogens with zero attached hydrogens (tertiary/aromatic N) is 7. The normalized spacial score (nSPS) is 17.7. The van der Waals surface area contributed by atoms with Crippen LogP contribution in [0.2, 0.25) is 0 Å². The first-order chi connectivity index (χ1) is 14.5. The molecule has 166 valence electrons. The van der Waals surface area contributed by atoms with Crippen molar-refractivity contribution in [3.8, 4) is 0 Å². The number of aliphatic imine (C=N–C) groups is 1. The molecule has 1 unspecified atom stereocenters. The van der Waals surface area contributed by atoms with Crippen LogP contribution < -0.4 is 5.32 Å². The summed E-state index contributed by atoms with van der Waals surface area (Å²) in [5, 5.41) is 17.5. The Morgan fingerprint density at radius 2 is 2.23 bits per heavy atom. The van der Waals surface area contributed by atoms with Gasteiger partial charge in [0.1, 0.15) is 11.9 Å². The summed E-state index contributed by atoms with van der Waals surface area (Å²) in [7, 11) is 3.76. The number of hydrogen-bond acceptors (Lipinski definition) is 6. The lowest BCUT2D eigenvalue weighted by Crippen LogP contribution is -2.48. The van der Waals surface area contributed by atoms with Gasteiger partial charge in [-0.3, -0.25) is 9.67 Å². The average Bonchev–Trinajstić information content (AvgIpc) is 3.34. The summed E-state index contributed by atoms with van der Waals surface area (Å²) in [6.07, 6.45) is 7.83. The Morgan fingerprint density at radius 1 is 1.40 bits per heavy atom. The molecule has 9 nitrogen and oxygen atoms in total. The zero-order chi connectivity index (χ0) is 21.5. The zero-order valence-corrected chi connectivity index (χ0v) is 19.5. The lowest BCUT2D eigenvalue weighted by Gasteiger charge is -2.34. The van der Waals surface area contributed by atoms with Gasteiger partial charge >= 0.3 is 0 Å². The summed E-state index contributed by atoms with van der Waals surface area (Å²) in [5.74, 6) is 2.55. The summed E-state index contributed by atoms with van der Waals surface area (Å²) < 4.78 is 10.0. The first kappa shape index (κ1) is 22.6. The van der Waals surface area contributed by atoms with E-state index < -0.39 is 0 Å². The number of ether oxygens (including phenoxy) is 1. The molecule has 0 aliphatic carbocycles. The van der Waals surface area contributed by atoms with Crippen molar-refractivity contribution in [1.82, 2.24) is 34.8 Å². The Labute approximate surface area is 183 Å². The second-order valence-electron chi connectivity index (χ2n) is 7.94. The summed E-state index contributed by atoms with van der Waals surface area (Å²) in [5.41, 5.74) is 1.10. The maximum absolute atomic E-state index is 5.95. The molecule has 1 fully saturated rings. The van der Waals surface area contributed by atoms with Gasteiger partial charge < -0.3 is 19.5 Å². The highest BCUT2D eigenvalue weighted by Crippen LogP contribution is 2.21. The molecular formula is C20H34N8OS. The van der Waals surface area contributed by atoms with Crippen molar-refractivity contribution >= 4 is 17.7 Å². The molecular weight excluding hydrogens is 400 g/mol. The first-order valence-electron chi connectivity index (χ1n) is 10.5. The Balaban J connectivity index is 1.51. The molecule has 3 heterocycles. The third kappa shape index (κ3) is 5.75. The van der Waals surface area contributed by atoms with Crippen LogP contribution in [0.25, 0.3) is 0 Å². The molecule has 30 heavy (non-hydrogen) atoms. The second-order valence-corrected chi connectivity index (χ2v) is 8.71. The van der Waals surface area contributed by atoms with E-state index in [1.54, 1.807) is 11.8 Å². The van der Waals surface area contributed by atoms with Crippen molar-refractivity contribution in [2.75, 3.05) is 39.5 Å². The molecule has 1 aliphatic heterocycles. The predicted molar refractivity (Wildman–Crippen MR) is 120 cm³/mol. The standard InChI is InChI=1S/C20H34N8OS/c1-15(2)12-28-18(24-25-20(28)30-5)7-6-8-22-19(21-3)27-9-10-29-17(14-27)16-11-23-26(4)13-16/h11,13,15,17H,6-10,12,14H2,1-5H3,(H,21,22). The maximum atomic E-state index is 5.95. The molecule has 10 heteroatoms. The lowest BCUT2D eigenvalue weighted by atomic mass is 10.1. The van der Waals surface area contributed by atoms with Crippen molar-refractivity contribution in [2.24, 2.45) is 18.0 Å². The quantitative estimate of drug-likeness (QED) is 0.294. The maximum Gasteiger partial charge on any atom is 0.193 e. The molecule has 1 N–H and O–H groups in total. The molecule has 3 rings (SSSR count).